The van der Waals surface area contributed by atoms with Crippen LogP contribution in [0, 0.1) is 0 Å². The number of piperazine rings is 1. The molecule has 0 spiro atoms. The molecule has 2 aromatic carbocycles. The van der Waals surface area contributed by atoms with Gasteiger partial charge in [-0.3, -0.25) is 14.2 Å². The number of fused-ring (bicyclic) bond motifs is 2. The highest BCUT2D eigenvalue weighted by molar-refractivity contribution is 7.85. The molecule has 0 aliphatic carbocycles. The number of rotatable bonds is 13. The minimum atomic E-state index is -4.40. The molecule has 6 rings (SSSR count). The lowest BCUT2D eigenvalue weighted by Gasteiger charge is -2.40. The summed E-state index contributed by atoms with van der Waals surface area (Å²) in [6, 6.07) is 13.1. The van der Waals surface area contributed by atoms with Crippen LogP contribution in [0.25, 0.3) is 0 Å². The van der Waals surface area contributed by atoms with Crippen molar-refractivity contribution < 1.29 is 52.2 Å². The van der Waals surface area contributed by atoms with Gasteiger partial charge in [0.25, 0.3) is 10.1 Å². The molecule has 2 saturated heterocycles. The average Bonchev–Trinajstić information content (AvgIpc) is 3.50. The molecule has 5 N–H and O–H groups in total. The van der Waals surface area contributed by atoms with Crippen molar-refractivity contribution in [1.82, 2.24) is 9.80 Å². The highest BCUT2D eigenvalue weighted by Gasteiger charge is 2.45. The zero-order chi connectivity index (χ0) is 40.6. The van der Waals surface area contributed by atoms with E-state index in [1.807, 2.05) is 11.0 Å². The number of carbonyl (C=O) groups excluding carboxylic acids is 1. The molecular formula is C41H57N4O10S+. The normalized spacial score (nSPS) is 27.0. The van der Waals surface area contributed by atoms with Crippen LogP contribution in [0.4, 0.5) is 11.4 Å². The standard InChI is InChI=1S/C41H56N4O10S/c1-40(2)28-11-6-7-12-30(28)42(5)33(40)13-10-14-34-41(3,4)29-25-27(56(51,52)53)16-17-31(29)45(34)18-9-8-15-35(47)44-21-19-43(20-22-44)23-24-54-39-38(50)37(49)36(48)32(26-46)55-39/h6-7,10-14,16-17,25,32,36-39,46,48-50H,8-9,15,18-24,26H2,1-5H3/p+1/t32-,36-,37+,38-,39+/m1/s1. The monoisotopic (exact) mass is 797 g/mol. The van der Waals surface area contributed by atoms with E-state index in [1.165, 1.54) is 17.3 Å². The third kappa shape index (κ3) is 8.38. The second-order valence-electron chi connectivity index (χ2n) is 16.2. The maximum atomic E-state index is 13.3. The summed E-state index contributed by atoms with van der Waals surface area (Å²) < 4.78 is 47.4. The van der Waals surface area contributed by atoms with Gasteiger partial charge in [0.05, 0.1) is 23.5 Å². The van der Waals surface area contributed by atoms with E-state index in [1.54, 1.807) is 12.1 Å². The van der Waals surface area contributed by atoms with Gasteiger partial charge in [0.2, 0.25) is 11.6 Å². The van der Waals surface area contributed by atoms with Crippen LogP contribution in [0.2, 0.25) is 0 Å². The fourth-order valence-corrected chi connectivity index (χ4v) is 9.02. The van der Waals surface area contributed by atoms with E-state index in [2.05, 4.69) is 85.5 Å². The van der Waals surface area contributed by atoms with Crippen LogP contribution in [-0.4, -0.2) is 150 Å². The summed E-state index contributed by atoms with van der Waals surface area (Å²) >= 11 is 0. The van der Waals surface area contributed by atoms with E-state index in [9.17, 15) is 38.2 Å². The summed E-state index contributed by atoms with van der Waals surface area (Å²) in [6.07, 6.45) is 1.50. The number of aliphatic hydroxyl groups excluding tert-OH is 4. The van der Waals surface area contributed by atoms with Crippen molar-refractivity contribution in [2.75, 3.05) is 64.4 Å². The Morgan fingerprint density at radius 3 is 2.34 bits per heavy atom. The lowest BCUT2D eigenvalue weighted by atomic mass is 9.81. The lowest BCUT2D eigenvalue weighted by Crippen LogP contribution is -2.59. The summed E-state index contributed by atoms with van der Waals surface area (Å²) in [7, 11) is -2.32. The number of anilines is 1. The molecule has 0 bridgehead atoms. The number of hydrogen-bond donors (Lipinski definition) is 5. The van der Waals surface area contributed by atoms with Crippen LogP contribution in [0.15, 0.2) is 71.3 Å². The SMILES string of the molecule is C[N+]1=C(/C=C/C=C2/N(CCCCC(=O)N3CCN(CCO[C@H]4O[C@H](CO)[C@@H](O)[C@H](O)[C@H]4O)CC3)c3ccc(S(=O)(=O)O)cc3C2(C)C)C(C)(C)c2ccccc21. The van der Waals surface area contributed by atoms with E-state index >= 15 is 0 Å². The Bertz CT molecular complexity index is 1970. The largest absolute Gasteiger partial charge is 0.394 e. The Morgan fingerprint density at radius 1 is 0.946 bits per heavy atom. The van der Waals surface area contributed by atoms with Crippen LogP contribution in [0.1, 0.15) is 58.1 Å². The van der Waals surface area contributed by atoms with E-state index < -0.39 is 52.8 Å². The molecule has 2 fully saturated rings. The van der Waals surface area contributed by atoms with Crippen LogP contribution < -0.4 is 4.90 Å². The predicted octanol–water partition coefficient (Wildman–Crippen LogP) is 2.31. The Balaban J connectivity index is 1.05. The van der Waals surface area contributed by atoms with Crippen molar-refractivity contribution in [2.45, 2.75) is 93.4 Å². The van der Waals surface area contributed by atoms with Crippen LogP contribution in [-0.2, 0) is 35.2 Å². The highest BCUT2D eigenvalue weighted by atomic mass is 32.2. The topological polar surface area (TPSA) is 184 Å². The number of aliphatic hydroxyl groups is 4. The van der Waals surface area contributed by atoms with E-state index in [0.29, 0.717) is 52.1 Å². The smallest absolute Gasteiger partial charge is 0.294 e. The molecule has 2 aromatic rings. The first kappa shape index (κ1) is 42.1. The number of nitrogens with zero attached hydrogens (tertiary/aromatic N) is 4. The number of unbranched alkanes of at least 4 members (excludes halogenated alkanes) is 1. The third-order valence-corrected chi connectivity index (χ3v) is 12.7. The first-order valence-electron chi connectivity index (χ1n) is 19.4. The highest BCUT2D eigenvalue weighted by Crippen LogP contribution is 2.49. The van der Waals surface area contributed by atoms with Crippen molar-refractivity contribution >= 4 is 33.1 Å². The summed E-state index contributed by atoms with van der Waals surface area (Å²) in [6.45, 7) is 11.8. The van der Waals surface area contributed by atoms with Crippen molar-refractivity contribution in [3.8, 4) is 0 Å². The molecule has 4 aliphatic heterocycles. The second kappa shape index (κ2) is 16.8. The summed E-state index contributed by atoms with van der Waals surface area (Å²) in [4.78, 5) is 19.3. The Kier molecular flexibility index (Phi) is 12.6. The van der Waals surface area contributed by atoms with Gasteiger partial charge in [0, 0.05) is 80.2 Å². The van der Waals surface area contributed by atoms with Gasteiger partial charge in [0.15, 0.2) is 12.0 Å². The van der Waals surface area contributed by atoms with Crippen LogP contribution >= 0.6 is 0 Å². The van der Waals surface area contributed by atoms with E-state index in [0.717, 1.165) is 29.1 Å². The summed E-state index contributed by atoms with van der Waals surface area (Å²) in [5, 5.41) is 39.6. The lowest BCUT2D eigenvalue weighted by molar-refractivity contribution is -0.401. The number of ether oxygens (including phenoxy) is 2. The van der Waals surface area contributed by atoms with Crippen molar-refractivity contribution in [1.29, 1.82) is 0 Å². The van der Waals surface area contributed by atoms with Crippen LogP contribution in [0.5, 0.6) is 0 Å². The van der Waals surface area contributed by atoms with Gasteiger partial charge in [-0.05, 0) is 56.5 Å². The Morgan fingerprint density at radius 2 is 1.66 bits per heavy atom. The van der Waals surface area contributed by atoms with Gasteiger partial charge in [-0.2, -0.15) is 13.0 Å². The van der Waals surface area contributed by atoms with Crippen LogP contribution in [0.3, 0.4) is 0 Å². The van der Waals surface area contributed by atoms with Gasteiger partial charge >= 0.3 is 0 Å². The van der Waals surface area contributed by atoms with Crippen molar-refractivity contribution in [2.24, 2.45) is 0 Å². The Labute approximate surface area is 329 Å². The van der Waals surface area contributed by atoms with Crippen molar-refractivity contribution in [3.63, 3.8) is 0 Å². The molecular weight excluding hydrogens is 741 g/mol. The van der Waals surface area contributed by atoms with E-state index in [-0.39, 0.29) is 22.8 Å². The molecule has 14 nitrogen and oxygen atoms in total. The number of amides is 1. The molecule has 0 unspecified atom stereocenters. The minimum Gasteiger partial charge on any atom is -0.394 e. The molecule has 4 heterocycles. The number of para-hydroxylation sites is 1. The number of carbonyl (C=O) groups is 1. The molecule has 56 heavy (non-hydrogen) atoms. The summed E-state index contributed by atoms with van der Waals surface area (Å²) in [5.74, 6) is 0.0854. The number of benzene rings is 2. The van der Waals surface area contributed by atoms with Gasteiger partial charge in [-0.25, -0.2) is 0 Å². The second-order valence-corrected chi connectivity index (χ2v) is 17.6. The molecule has 5 atom stereocenters. The molecule has 0 saturated carbocycles. The first-order chi connectivity index (χ1) is 26.5. The predicted molar refractivity (Wildman–Crippen MR) is 211 cm³/mol. The minimum absolute atomic E-state index is 0.0854. The molecule has 306 valence electrons. The van der Waals surface area contributed by atoms with Crippen molar-refractivity contribution in [3.05, 3.63) is 77.5 Å². The van der Waals surface area contributed by atoms with E-state index in [4.69, 9.17) is 9.47 Å². The molecule has 1 amide bonds. The Hall–Kier alpha value is -3.51. The molecule has 0 aromatic heterocycles. The first-order valence-corrected chi connectivity index (χ1v) is 20.8. The molecule has 4 aliphatic rings. The zero-order valence-corrected chi connectivity index (χ0v) is 33.7. The maximum Gasteiger partial charge on any atom is 0.294 e. The maximum absolute atomic E-state index is 13.3. The number of allylic oxidation sites excluding steroid dienone is 4. The summed E-state index contributed by atoms with van der Waals surface area (Å²) in [5.41, 5.74) is 5.50. The molecule has 15 heteroatoms. The third-order valence-electron chi connectivity index (χ3n) is 11.9. The van der Waals surface area contributed by atoms with Gasteiger partial charge < -0.3 is 39.7 Å². The van der Waals surface area contributed by atoms with Gasteiger partial charge in [-0.1, -0.05) is 38.1 Å². The van der Waals surface area contributed by atoms with Gasteiger partial charge in [-0.15, -0.1) is 0 Å². The fraction of sp³-hybridized carbons (Fsp3) is 0.561. The quantitative estimate of drug-likeness (QED) is 0.114. The zero-order valence-electron chi connectivity index (χ0n) is 32.9. The van der Waals surface area contributed by atoms with Gasteiger partial charge in [0.1, 0.15) is 31.5 Å². The fourth-order valence-electron chi connectivity index (χ4n) is 8.52. The molecule has 0 radical (unpaired) electrons. The average molecular weight is 798 g/mol. The number of hydrogen-bond acceptors (Lipinski definition) is 11.